The van der Waals surface area contributed by atoms with Crippen LogP contribution >= 0.6 is 15.9 Å². The van der Waals surface area contributed by atoms with Crippen molar-refractivity contribution in [1.29, 1.82) is 0 Å². The molecule has 0 spiro atoms. The van der Waals surface area contributed by atoms with Crippen LogP contribution in [0.25, 0.3) is 0 Å². The standard InChI is InChI=1S/C11H16BrNO2/c1-10-5-4-7(11(10,2)6-12)8(9(10)14)13(3)15/h7H,4-6H2,1-3H3. The second-order valence-electron chi connectivity index (χ2n) is 5.19. The van der Waals surface area contributed by atoms with Gasteiger partial charge in [0.1, 0.15) is 7.05 Å². The zero-order valence-electron chi connectivity index (χ0n) is 9.34. The number of hydrogen-bond donors (Lipinski definition) is 0. The lowest BCUT2D eigenvalue weighted by Gasteiger charge is -2.33. The van der Waals surface area contributed by atoms with Gasteiger partial charge in [0.05, 0.1) is 5.92 Å². The number of carbonyl (C=O) groups excluding carboxylic acids is 1. The minimum atomic E-state index is -0.338. The van der Waals surface area contributed by atoms with E-state index in [4.69, 9.17) is 0 Å². The van der Waals surface area contributed by atoms with Gasteiger partial charge in [-0.3, -0.25) is 4.79 Å². The number of nitrogens with zero attached hydrogens (tertiary/aromatic N) is 1. The highest BCUT2D eigenvalue weighted by molar-refractivity contribution is 9.09. The fourth-order valence-electron chi connectivity index (χ4n) is 3.28. The Hall–Kier alpha value is -0.380. The summed E-state index contributed by atoms with van der Waals surface area (Å²) in [6.07, 6.45) is 1.88. The highest BCUT2D eigenvalue weighted by Crippen LogP contribution is 2.63. The van der Waals surface area contributed by atoms with Gasteiger partial charge < -0.3 is 5.21 Å². The van der Waals surface area contributed by atoms with Crippen LogP contribution in [0.2, 0.25) is 0 Å². The van der Waals surface area contributed by atoms with E-state index in [9.17, 15) is 10.0 Å². The Morgan fingerprint density at radius 1 is 1.60 bits per heavy atom. The van der Waals surface area contributed by atoms with Crippen LogP contribution in [0.1, 0.15) is 26.7 Å². The predicted molar refractivity (Wildman–Crippen MR) is 62.3 cm³/mol. The second-order valence-corrected chi connectivity index (χ2v) is 5.75. The maximum atomic E-state index is 12.2. The number of fused-ring (bicyclic) bond motifs is 2. The van der Waals surface area contributed by atoms with Gasteiger partial charge in [-0.1, -0.05) is 29.8 Å². The minimum Gasteiger partial charge on any atom is -0.624 e. The van der Waals surface area contributed by atoms with Gasteiger partial charge in [0.15, 0.2) is 0 Å². The maximum Gasteiger partial charge on any atom is 0.234 e. The van der Waals surface area contributed by atoms with Gasteiger partial charge in [-0.05, 0) is 12.8 Å². The molecule has 2 rings (SSSR count). The number of carbonyl (C=O) groups is 1. The Kier molecular flexibility index (Phi) is 2.27. The van der Waals surface area contributed by atoms with E-state index in [-0.39, 0.29) is 22.5 Å². The molecule has 2 aliphatic carbocycles. The van der Waals surface area contributed by atoms with Gasteiger partial charge >= 0.3 is 0 Å². The molecule has 0 aliphatic heterocycles. The molecule has 3 nitrogen and oxygen atoms in total. The van der Waals surface area contributed by atoms with E-state index >= 15 is 0 Å². The predicted octanol–water partition coefficient (Wildman–Crippen LogP) is 1.97. The Balaban J connectivity index is 2.60. The molecule has 4 heteroatoms. The van der Waals surface area contributed by atoms with Crippen molar-refractivity contribution in [3.8, 4) is 0 Å². The minimum absolute atomic E-state index is 0.0678. The van der Waals surface area contributed by atoms with Crippen LogP contribution in [-0.2, 0) is 4.79 Å². The van der Waals surface area contributed by atoms with Crippen molar-refractivity contribution >= 4 is 27.4 Å². The van der Waals surface area contributed by atoms with Crippen LogP contribution in [0.4, 0.5) is 0 Å². The summed E-state index contributed by atoms with van der Waals surface area (Å²) in [7, 11) is 1.44. The zero-order valence-corrected chi connectivity index (χ0v) is 10.9. The maximum absolute atomic E-state index is 12.2. The molecular weight excluding hydrogens is 258 g/mol. The molecule has 0 amide bonds. The molecule has 3 atom stereocenters. The van der Waals surface area contributed by atoms with Crippen LogP contribution < -0.4 is 0 Å². The zero-order chi connectivity index (χ0) is 11.4. The Labute approximate surface area is 98.3 Å². The average Bonchev–Trinajstić information content (AvgIpc) is 2.51. The molecule has 3 unspecified atom stereocenters. The number of hydroxylamine groups is 1. The molecule has 0 aromatic carbocycles. The molecule has 15 heavy (non-hydrogen) atoms. The largest absolute Gasteiger partial charge is 0.624 e. The third kappa shape index (κ3) is 1.06. The lowest BCUT2D eigenvalue weighted by atomic mass is 9.70. The van der Waals surface area contributed by atoms with Crippen LogP contribution in [0.3, 0.4) is 0 Å². The average molecular weight is 274 g/mol. The number of Topliss-reactive ketones (excluding diaryl/α,β-unsaturated/α-hetero) is 1. The summed E-state index contributed by atoms with van der Waals surface area (Å²) in [4.78, 5) is 12.2. The Bertz CT molecular complexity index is 362. The summed E-state index contributed by atoms with van der Waals surface area (Å²) in [6, 6.07) is 0. The van der Waals surface area contributed by atoms with Crippen molar-refractivity contribution in [3.05, 3.63) is 5.21 Å². The van der Waals surface area contributed by atoms with Gasteiger partial charge in [-0.2, -0.15) is 0 Å². The number of rotatable bonds is 1. The van der Waals surface area contributed by atoms with Crippen LogP contribution in [-0.4, -0.2) is 28.6 Å². The first-order valence-electron chi connectivity index (χ1n) is 5.27. The molecule has 2 saturated carbocycles. The molecule has 0 radical (unpaired) electrons. The van der Waals surface area contributed by atoms with E-state index in [1.807, 2.05) is 6.92 Å². The smallest absolute Gasteiger partial charge is 0.234 e. The summed E-state index contributed by atoms with van der Waals surface area (Å²) in [6.45, 7) is 4.13. The van der Waals surface area contributed by atoms with E-state index in [0.717, 1.165) is 22.9 Å². The number of halogens is 1. The van der Waals surface area contributed by atoms with Crippen molar-refractivity contribution in [3.63, 3.8) is 0 Å². The normalized spacial score (nSPS) is 47.5. The molecule has 2 aliphatic rings. The molecule has 2 fully saturated rings. The number of ketones is 1. The Morgan fingerprint density at radius 2 is 2.20 bits per heavy atom. The van der Waals surface area contributed by atoms with E-state index in [1.54, 1.807) is 0 Å². The van der Waals surface area contributed by atoms with Gasteiger partial charge in [-0.15, -0.1) is 0 Å². The van der Waals surface area contributed by atoms with Gasteiger partial charge in [-0.25, -0.2) is 4.74 Å². The van der Waals surface area contributed by atoms with Crippen LogP contribution in [0.15, 0.2) is 0 Å². The van der Waals surface area contributed by atoms with Crippen LogP contribution in [0.5, 0.6) is 0 Å². The van der Waals surface area contributed by atoms with Gasteiger partial charge in [0, 0.05) is 16.2 Å². The molecule has 2 bridgehead atoms. The van der Waals surface area contributed by atoms with E-state index < -0.39 is 0 Å². The second kappa shape index (κ2) is 3.06. The lowest BCUT2D eigenvalue weighted by Crippen LogP contribution is -2.37. The van der Waals surface area contributed by atoms with Crippen molar-refractivity contribution in [2.24, 2.45) is 16.7 Å². The fourth-order valence-corrected chi connectivity index (χ4v) is 4.29. The van der Waals surface area contributed by atoms with Crippen LogP contribution in [0, 0.1) is 22.0 Å². The quantitative estimate of drug-likeness (QED) is 0.317. The fraction of sp³-hybridized carbons (Fsp3) is 0.818. The van der Waals surface area contributed by atoms with Crippen molar-refractivity contribution in [2.75, 3.05) is 12.4 Å². The SMILES string of the molecule is C[N+]([O-])=C1C(=O)C2(C)CCC1C2(C)CBr. The number of alkyl halides is 1. The summed E-state index contributed by atoms with van der Waals surface area (Å²) in [5.74, 6) is 0.204. The first-order chi connectivity index (χ1) is 6.88. The third-order valence-corrected chi connectivity index (χ3v) is 5.81. The highest BCUT2D eigenvalue weighted by atomic mass is 79.9. The van der Waals surface area contributed by atoms with Gasteiger partial charge in [0.2, 0.25) is 11.5 Å². The topological polar surface area (TPSA) is 43.1 Å². The van der Waals surface area contributed by atoms with E-state index in [1.165, 1.54) is 7.05 Å². The molecule has 0 heterocycles. The first kappa shape index (κ1) is 11.1. The number of hydrogen-bond acceptors (Lipinski definition) is 2. The molecule has 0 aromatic heterocycles. The summed E-state index contributed by atoms with van der Waals surface area (Å²) in [5.41, 5.74) is 0.0680. The molecule has 84 valence electrons. The molecule has 0 aromatic rings. The summed E-state index contributed by atoms with van der Waals surface area (Å²) in [5, 5.41) is 12.2. The van der Waals surface area contributed by atoms with E-state index in [0.29, 0.717) is 5.71 Å². The molecule has 0 N–H and O–H groups in total. The van der Waals surface area contributed by atoms with Crippen molar-refractivity contribution in [1.82, 2.24) is 0 Å². The van der Waals surface area contributed by atoms with Crippen molar-refractivity contribution in [2.45, 2.75) is 26.7 Å². The molecular formula is C11H16BrNO2. The van der Waals surface area contributed by atoms with E-state index in [2.05, 4.69) is 22.9 Å². The summed E-state index contributed by atoms with van der Waals surface area (Å²) < 4.78 is 0.776. The van der Waals surface area contributed by atoms with Gasteiger partial charge in [0.25, 0.3) is 0 Å². The highest BCUT2D eigenvalue weighted by Gasteiger charge is 2.69. The molecule has 0 saturated heterocycles. The first-order valence-corrected chi connectivity index (χ1v) is 6.39. The summed E-state index contributed by atoms with van der Waals surface area (Å²) >= 11 is 3.51. The Morgan fingerprint density at radius 3 is 2.53 bits per heavy atom. The lowest BCUT2D eigenvalue weighted by molar-refractivity contribution is -0.424. The third-order valence-electron chi connectivity index (χ3n) is 4.64. The van der Waals surface area contributed by atoms with Crippen molar-refractivity contribution < 1.29 is 9.53 Å². The monoisotopic (exact) mass is 273 g/mol.